The van der Waals surface area contributed by atoms with Crippen LogP contribution in [-0.4, -0.2) is 4.98 Å². The molecule has 1 nitrogen and oxygen atoms in total. The third kappa shape index (κ3) is 3.66. The first-order valence-electron chi connectivity index (χ1n) is 15.4. The van der Waals surface area contributed by atoms with E-state index >= 15 is 0 Å². The summed E-state index contributed by atoms with van der Waals surface area (Å²) in [6.45, 7) is 4.69. The van der Waals surface area contributed by atoms with Gasteiger partial charge in [-0.15, -0.1) is 0 Å². The average molecular weight is 562 g/mol. The summed E-state index contributed by atoms with van der Waals surface area (Å²) in [6, 6.07) is 53.6. The van der Waals surface area contributed by atoms with Gasteiger partial charge in [-0.1, -0.05) is 141 Å². The van der Waals surface area contributed by atoms with Crippen molar-refractivity contribution in [2.24, 2.45) is 0 Å². The van der Waals surface area contributed by atoms with Gasteiger partial charge < -0.3 is 4.98 Å². The topological polar surface area (TPSA) is 15.8 Å². The van der Waals surface area contributed by atoms with E-state index in [0.29, 0.717) is 0 Å². The lowest BCUT2D eigenvalue weighted by molar-refractivity contribution is 0.660. The number of rotatable bonds is 3. The molecule has 208 valence electrons. The molecule has 0 aliphatic heterocycles. The Morgan fingerprint density at radius 2 is 0.977 bits per heavy atom. The maximum Gasteiger partial charge on any atom is 0.0544 e. The quantitative estimate of drug-likeness (QED) is 0.221. The van der Waals surface area contributed by atoms with Crippen molar-refractivity contribution in [3.05, 3.63) is 157 Å². The van der Waals surface area contributed by atoms with Crippen LogP contribution >= 0.6 is 0 Å². The van der Waals surface area contributed by atoms with Gasteiger partial charge in [-0.25, -0.2) is 0 Å². The van der Waals surface area contributed by atoms with Crippen LogP contribution in [0.25, 0.3) is 77.1 Å². The fraction of sp³-hybridized carbons (Fsp3) is 0.0698. The van der Waals surface area contributed by atoms with Crippen LogP contribution in [0.4, 0.5) is 0 Å². The molecule has 0 amide bonds. The zero-order valence-corrected chi connectivity index (χ0v) is 24.9. The van der Waals surface area contributed by atoms with Gasteiger partial charge in [-0.05, 0) is 73.7 Å². The zero-order chi connectivity index (χ0) is 29.4. The zero-order valence-electron chi connectivity index (χ0n) is 24.9. The van der Waals surface area contributed by atoms with E-state index in [4.69, 9.17) is 0 Å². The summed E-state index contributed by atoms with van der Waals surface area (Å²) in [7, 11) is 0. The van der Waals surface area contributed by atoms with Gasteiger partial charge in [0.2, 0.25) is 0 Å². The summed E-state index contributed by atoms with van der Waals surface area (Å²) in [6.07, 6.45) is 0. The molecule has 1 heteroatoms. The summed E-state index contributed by atoms with van der Waals surface area (Å²) in [5.41, 5.74) is 15.3. The lowest BCUT2D eigenvalue weighted by atomic mass is 9.81. The van der Waals surface area contributed by atoms with Crippen molar-refractivity contribution in [1.82, 2.24) is 4.98 Å². The first kappa shape index (κ1) is 25.1. The van der Waals surface area contributed by atoms with Crippen LogP contribution in [0, 0.1) is 0 Å². The molecule has 0 spiro atoms. The molecule has 1 aliphatic rings. The minimum atomic E-state index is -0.0101. The lowest BCUT2D eigenvalue weighted by Gasteiger charge is -2.22. The number of aromatic nitrogens is 1. The second-order valence-corrected chi connectivity index (χ2v) is 12.7. The molecule has 7 aromatic carbocycles. The van der Waals surface area contributed by atoms with Crippen LogP contribution < -0.4 is 0 Å². The number of hydrogen-bond acceptors (Lipinski definition) is 0. The molecule has 0 fully saturated rings. The van der Waals surface area contributed by atoms with Gasteiger partial charge in [-0.2, -0.15) is 0 Å². The Morgan fingerprint density at radius 3 is 1.82 bits per heavy atom. The summed E-state index contributed by atoms with van der Waals surface area (Å²) in [5, 5.41) is 5.05. The van der Waals surface area contributed by atoms with Gasteiger partial charge in [0.1, 0.15) is 0 Å². The van der Waals surface area contributed by atoms with E-state index in [9.17, 15) is 0 Å². The number of benzene rings is 7. The molecule has 0 saturated carbocycles. The number of hydrogen-bond donors (Lipinski definition) is 1. The highest BCUT2D eigenvalue weighted by atomic mass is 14.7. The Morgan fingerprint density at radius 1 is 0.386 bits per heavy atom. The number of nitrogens with one attached hydrogen (secondary N) is 1. The van der Waals surface area contributed by atoms with Gasteiger partial charge in [0.15, 0.2) is 0 Å². The summed E-state index contributed by atoms with van der Waals surface area (Å²) >= 11 is 0. The van der Waals surface area contributed by atoms with E-state index in [0.717, 1.165) is 0 Å². The van der Waals surface area contributed by atoms with Gasteiger partial charge in [0.05, 0.1) is 11.0 Å². The number of H-pyrrole nitrogens is 1. The molecule has 1 heterocycles. The molecular formula is C43H31N. The van der Waals surface area contributed by atoms with Gasteiger partial charge >= 0.3 is 0 Å². The molecule has 1 aromatic heterocycles. The van der Waals surface area contributed by atoms with E-state index in [1.165, 1.54) is 88.2 Å². The van der Waals surface area contributed by atoms with E-state index in [2.05, 4.69) is 164 Å². The molecule has 9 rings (SSSR count). The predicted octanol–water partition coefficient (Wildman–Crippen LogP) is 11.8. The minimum Gasteiger partial charge on any atom is -0.353 e. The molecule has 0 radical (unpaired) electrons. The number of aromatic amines is 1. The van der Waals surface area contributed by atoms with Crippen molar-refractivity contribution in [2.75, 3.05) is 0 Å². The second kappa shape index (κ2) is 9.30. The first-order chi connectivity index (χ1) is 21.6. The van der Waals surface area contributed by atoms with Gasteiger partial charge in [-0.3, -0.25) is 0 Å². The van der Waals surface area contributed by atoms with Crippen LogP contribution in [0.2, 0.25) is 0 Å². The standard InChI is InChI=1S/C43H31N/c1-43(2)39-19-6-5-16-35(39)36-22-21-31(26-40(36)43)29-12-7-11-28(24-29)30-13-8-14-32(25-30)34-17-9-18-37-38-23-20-27-10-3-4-15-33(27)41(38)44-42(34)37/h3-26,44H,1-2H3. The van der Waals surface area contributed by atoms with E-state index < -0.39 is 0 Å². The second-order valence-electron chi connectivity index (χ2n) is 12.7. The molecule has 1 N–H and O–H groups in total. The predicted molar refractivity (Wildman–Crippen MR) is 187 cm³/mol. The smallest absolute Gasteiger partial charge is 0.0544 e. The van der Waals surface area contributed by atoms with Crippen molar-refractivity contribution in [1.29, 1.82) is 0 Å². The molecule has 1 aliphatic carbocycles. The van der Waals surface area contributed by atoms with Crippen molar-refractivity contribution >= 4 is 32.6 Å². The van der Waals surface area contributed by atoms with Crippen LogP contribution in [0.1, 0.15) is 25.0 Å². The van der Waals surface area contributed by atoms with Crippen LogP contribution in [0.3, 0.4) is 0 Å². The van der Waals surface area contributed by atoms with Crippen LogP contribution in [0.15, 0.2) is 146 Å². The maximum atomic E-state index is 3.81. The molecule has 8 aromatic rings. The maximum absolute atomic E-state index is 3.81. The third-order valence-corrected chi connectivity index (χ3v) is 9.82. The summed E-state index contributed by atoms with van der Waals surface area (Å²) < 4.78 is 0. The van der Waals surface area contributed by atoms with Crippen molar-refractivity contribution in [2.45, 2.75) is 19.3 Å². The van der Waals surface area contributed by atoms with E-state index in [-0.39, 0.29) is 5.41 Å². The normalized spacial score (nSPS) is 13.4. The molecule has 0 bridgehead atoms. The van der Waals surface area contributed by atoms with E-state index in [1.807, 2.05) is 0 Å². The highest BCUT2D eigenvalue weighted by Crippen LogP contribution is 2.49. The van der Waals surface area contributed by atoms with E-state index in [1.54, 1.807) is 0 Å². The average Bonchev–Trinajstić information content (AvgIpc) is 3.57. The van der Waals surface area contributed by atoms with Crippen molar-refractivity contribution in [3.8, 4) is 44.5 Å². The Hall–Kier alpha value is -5.40. The van der Waals surface area contributed by atoms with Crippen molar-refractivity contribution < 1.29 is 0 Å². The minimum absolute atomic E-state index is 0.0101. The Balaban J connectivity index is 1.13. The van der Waals surface area contributed by atoms with Gasteiger partial charge in [0, 0.05) is 27.1 Å². The number of fused-ring (bicyclic) bond motifs is 8. The molecular weight excluding hydrogens is 530 g/mol. The largest absolute Gasteiger partial charge is 0.353 e. The molecule has 0 saturated heterocycles. The molecule has 0 atom stereocenters. The Bertz CT molecular complexity index is 2420. The summed E-state index contributed by atoms with van der Waals surface area (Å²) in [4.78, 5) is 3.81. The highest BCUT2D eigenvalue weighted by molar-refractivity contribution is 6.19. The Labute approximate surface area is 257 Å². The van der Waals surface area contributed by atoms with Crippen molar-refractivity contribution in [3.63, 3.8) is 0 Å². The number of para-hydroxylation sites is 1. The summed E-state index contributed by atoms with van der Waals surface area (Å²) in [5.74, 6) is 0. The first-order valence-corrected chi connectivity index (χ1v) is 15.4. The lowest BCUT2D eigenvalue weighted by Crippen LogP contribution is -2.14. The Kier molecular flexibility index (Phi) is 5.31. The van der Waals surface area contributed by atoms with Crippen LogP contribution in [0.5, 0.6) is 0 Å². The fourth-order valence-corrected chi connectivity index (χ4v) is 7.54. The molecule has 0 unspecified atom stereocenters. The molecule has 44 heavy (non-hydrogen) atoms. The van der Waals surface area contributed by atoms with Gasteiger partial charge in [0.25, 0.3) is 0 Å². The third-order valence-electron chi connectivity index (χ3n) is 9.82. The fourth-order valence-electron chi connectivity index (χ4n) is 7.54. The van der Waals surface area contributed by atoms with Crippen LogP contribution in [-0.2, 0) is 5.41 Å². The monoisotopic (exact) mass is 561 g/mol. The highest BCUT2D eigenvalue weighted by Gasteiger charge is 2.35. The SMILES string of the molecule is CC1(C)c2ccccc2-c2ccc(-c3cccc(-c4cccc(-c5cccc6c5[nH]c5c7ccccc7ccc65)c4)c3)cc21.